The third kappa shape index (κ3) is 3.09. The summed E-state index contributed by atoms with van der Waals surface area (Å²) in [5.74, 6) is 0. The molecule has 0 aliphatic carbocycles. The van der Waals surface area contributed by atoms with Gasteiger partial charge >= 0.3 is 0 Å². The molecule has 1 aromatic carbocycles. The lowest BCUT2D eigenvalue weighted by atomic mass is 10.1. The van der Waals surface area contributed by atoms with E-state index in [-0.39, 0.29) is 0 Å². The molecule has 3 nitrogen and oxygen atoms in total. The fourth-order valence-corrected chi connectivity index (χ4v) is 3.53. The molecule has 2 rings (SSSR count). The largest absolute Gasteiger partial charge is 0.267 e. The van der Waals surface area contributed by atoms with Gasteiger partial charge in [-0.3, -0.25) is 0 Å². The minimum Gasteiger partial charge on any atom is -0.248 e. The van der Waals surface area contributed by atoms with E-state index in [0.29, 0.717) is 4.90 Å². The van der Waals surface area contributed by atoms with Gasteiger partial charge in [-0.1, -0.05) is 34.1 Å². The van der Waals surface area contributed by atoms with E-state index in [0.717, 1.165) is 29.3 Å². The van der Waals surface area contributed by atoms with Crippen LogP contribution in [0.4, 0.5) is 0 Å². The highest BCUT2D eigenvalue weighted by atomic mass is 79.9. The first-order valence-corrected chi connectivity index (χ1v) is 8.66. The summed E-state index contributed by atoms with van der Waals surface area (Å²) in [6, 6.07) is 8.50. The van der Waals surface area contributed by atoms with Gasteiger partial charge in [-0.15, -0.1) is 0 Å². The van der Waals surface area contributed by atoms with Crippen LogP contribution in [0.2, 0.25) is 0 Å². The zero-order chi connectivity index (χ0) is 13.9. The van der Waals surface area contributed by atoms with Gasteiger partial charge in [0.05, 0.1) is 4.90 Å². The second-order valence-corrected chi connectivity index (χ2v) is 7.04. The third-order valence-electron chi connectivity index (χ3n) is 3.01. The summed E-state index contributed by atoms with van der Waals surface area (Å²) in [5, 5.41) is 0.920. The Hall–Kier alpha value is -1.07. The van der Waals surface area contributed by atoms with Crippen LogP contribution in [0.1, 0.15) is 17.5 Å². The fourth-order valence-electron chi connectivity index (χ4n) is 1.94. The molecule has 2 aromatic rings. The summed E-state index contributed by atoms with van der Waals surface area (Å²) in [6.07, 6.45) is 5.29. The van der Waals surface area contributed by atoms with Gasteiger partial charge in [0.25, 0.3) is 10.0 Å². The van der Waals surface area contributed by atoms with E-state index in [1.807, 2.05) is 6.92 Å². The Bertz CT molecular complexity index is 647. The zero-order valence-electron chi connectivity index (χ0n) is 10.7. The summed E-state index contributed by atoms with van der Waals surface area (Å²) in [7, 11) is -3.46. The van der Waals surface area contributed by atoms with Gasteiger partial charge in [0.1, 0.15) is 0 Å². The predicted octanol–water partition coefficient (Wildman–Crippen LogP) is 3.36. The van der Waals surface area contributed by atoms with Crippen molar-refractivity contribution in [3.8, 4) is 0 Å². The van der Waals surface area contributed by atoms with Crippen LogP contribution in [0.15, 0.2) is 47.6 Å². The fraction of sp³-hybridized carbons (Fsp3) is 0.286. The van der Waals surface area contributed by atoms with Gasteiger partial charge in [-0.25, -0.2) is 12.4 Å². The standard InChI is InChI=1S/C14H16BrNO2S/c1-12-10-16(11-13(12)6-5-9-15)19(17,18)14-7-3-2-4-8-14/h2-4,7-8,10-11H,5-6,9H2,1H3. The highest BCUT2D eigenvalue weighted by Crippen LogP contribution is 2.19. The van der Waals surface area contributed by atoms with Crippen molar-refractivity contribution in [2.24, 2.45) is 0 Å². The highest BCUT2D eigenvalue weighted by Gasteiger charge is 2.17. The summed E-state index contributed by atoms with van der Waals surface area (Å²) < 4.78 is 26.2. The van der Waals surface area contributed by atoms with E-state index < -0.39 is 10.0 Å². The molecule has 0 aliphatic heterocycles. The van der Waals surface area contributed by atoms with Gasteiger partial charge in [-0.2, -0.15) is 0 Å². The lowest BCUT2D eigenvalue weighted by Gasteiger charge is -2.04. The quantitative estimate of drug-likeness (QED) is 0.782. The molecule has 102 valence electrons. The SMILES string of the molecule is Cc1cn(S(=O)(=O)c2ccccc2)cc1CCCBr. The number of aryl methyl sites for hydroxylation is 2. The number of halogens is 1. The molecule has 0 aliphatic rings. The smallest absolute Gasteiger partial charge is 0.248 e. The lowest BCUT2D eigenvalue weighted by molar-refractivity contribution is 0.587. The predicted molar refractivity (Wildman–Crippen MR) is 80.3 cm³/mol. The molecule has 0 saturated carbocycles. The van der Waals surface area contributed by atoms with Crippen molar-refractivity contribution < 1.29 is 8.42 Å². The summed E-state index contributed by atoms with van der Waals surface area (Å²) >= 11 is 3.39. The average molecular weight is 342 g/mol. The molecule has 0 saturated heterocycles. The van der Waals surface area contributed by atoms with E-state index in [9.17, 15) is 8.42 Å². The van der Waals surface area contributed by atoms with Crippen molar-refractivity contribution in [1.82, 2.24) is 3.97 Å². The van der Waals surface area contributed by atoms with Crippen LogP contribution in [0.5, 0.6) is 0 Å². The molecule has 0 atom stereocenters. The van der Waals surface area contributed by atoms with Gasteiger partial charge in [0.15, 0.2) is 0 Å². The summed E-state index contributed by atoms with van der Waals surface area (Å²) in [6.45, 7) is 1.95. The number of aromatic nitrogens is 1. The minimum atomic E-state index is -3.46. The monoisotopic (exact) mass is 341 g/mol. The molecule has 1 aromatic heterocycles. The van der Waals surface area contributed by atoms with Crippen molar-refractivity contribution in [2.75, 3.05) is 5.33 Å². The maximum Gasteiger partial charge on any atom is 0.267 e. The van der Waals surface area contributed by atoms with Gasteiger partial charge in [0, 0.05) is 17.7 Å². The first kappa shape index (κ1) is 14.3. The molecule has 0 N–H and O–H groups in total. The topological polar surface area (TPSA) is 39.1 Å². The maximum atomic E-state index is 12.4. The third-order valence-corrected chi connectivity index (χ3v) is 5.20. The van der Waals surface area contributed by atoms with Gasteiger partial charge in [-0.05, 0) is 43.0 Å². The van der Waals surface area contributed by atoms with Crippen LogP contribution in [-0.4, -0.2) is 17.7 Å². The average Bonchev–Trinajstić information content (AvgIpc) is 2.79. The Morgan fingerprint density at radius 2 is 1.84 bits per heavy atom. The number of alkyl halides is 1. The van der Waals surface area contributed by atoms with Crippen molar-refractivity contribution in [2.45, 2.75) is 24.7 Å². The molecular weight excluding hydrogens is 326 g/mol. The van der Waals surface area contributed by atoms with Gasteiger partial charge in [0.2, 0.25) is 0 Å². The molecule has 5 heteroatoms. The molecule has 0 radical (unpaired) electrons. The van der Waals surface area contributed by atoms with E-state index in [4.69, 9.17) is 0 Å². The molecule has 0 amide bonds. The second kappa shape index (κ2) is 5.92. The van der Waals surface area contributed by atoms with Crippen LogP contribution in [0.3, 0.4) is 0 Å². The van der Waals surface area contributed by atoms with Crippen molar-refractivity contribution in [3.63, 3.8) is 0 Å². The molecule has 0 spiro atoms. The van der Waals surface area contributed by atoms with E-state index in [1.54, 1.807) is 42.7 Å². The van der Waals surface area contributed by atoms with E-state index in [2.05, 4.69) is 15.9 Å². The van der Waals surface area contributed by atoms with Crippen molar-refractivity contribution in [1.29, 1.82) is 0 Å². The first-order valence-electron chi connectivity index (χ1n) is 6.10. The molecule has 0 fully saturated rings. The molecule has 0 bridgehead atoms. The Morgan fingerprint density at radius 3 is 2.47 bits per heavy atom. The van der Waals surface area contributed by atoms with E-state index >= 15 is 0 Å². The Kier molecular flexibility index (Phi) is 4.47. The summed E-state index contributed by atoms with van der Waals surface area (Å²) in [4.78, 5) is 0.317. The molecule has 19 heavy (non-hydrogen) atoms. The molecule has 1 heterocycles. The number of rotatable bonds is 5. The number of nitrogens with zero attached hydrogens (tertiary/aromatic N) is 1. The van der Waals surface area contributed by atoms with Crippen LogP contribution >= 0.6 is 15.9 Å². The Morgan fingerprint density at radius 1 is 1.16 bits per heavy atom. The highest BCUT2D eigenvalue weighted by molar-refractivity contribution is 9.09. The van der Waals surface area contributed by atoms with Crippen molar-refractivity contribution >= 4 is 26.0 Å². The van der Waals surface area contributed by atoms with Crippen LogP contribution in [-0.2, 0) is 16.4 Å². The van der Waals surface area contributed by atoms with E-state index in [1.165, 1.54) is 3.97 Å². The molecule has 0 unspecified atom stereocenters. The van der Waals surface area contributed by atoms with Crippen LogP contribution in [0.25, 0.3) is 0 Å². The number of hydrogen-bond acceptors (Lipinski definition) is 2. The van der Waals surface area contributed by atoms with Crippen molar-refractivity contribution in [3.05, 3.63) is 53.9 Å². The summed E-state index contributed by atoms with van der Waals surface area (Å²) in [5.41, 5.74) is 2.10. The van der Waals surface area contributed by atoms with Gasteiger partial charge < -0.3 is 0 Å². The first-order chi connectivity index (χ1) is 9.05. The normalized spacial score (nSPS) is 11.7. The minimum absolute atomic E-state index is 0.317. The molecular formula is C14H16BrNO2S. The Balaban J connectivity index is 2.37. The lowest BCUT2D eigenvalue weighted by Crippen LogP contribution is -2.10. The second-order valence-electron chi connectivity index (χ2n) is 4.41. The maximum absolute atomic E-state index is 12.4. The van der Waals surface area contributed by atoms with Crippen LogP contribution in [0, 0.1) is 6.92 Å². The zero-order valence-corrected chi connectivity index (χ0v) is 13.1. The van der Waals surface area contributed by atoms with Crippen LogP contribution < -0.4 is 0 Å². The Labute approximate surface area is 122 Å². The number of hydrogen-bond donors (Lipinski definition) is 0. The number of benzene rings is 1.